The maximum atomic E-state index is 5.05. The summed E-state index contributed by atoms with van der Waals surface area (Å²) in [4.78, 5) is 5.05. The predicted octanol–water partition coefficient (Wildman–Crippen LogP) is 12.6. The van der Waals surface area contributed by atoms with Crippen LogP contribution in [0.4, 0.5) is 0 Å². The van der Waals surface area contributed by atoms with Gasteiger partial charge in [-0.1, -0.05) is 149 Å². The average Bonchev–Trinajstić information content (AvgIpc) is 3.09. The second-order valence-corrected chi connectivity index (χ2v) is 12.4. The van der Waals surface area contributed by atoms with Gasteiger partial charge in [-0.15, -0.1) is 0 Å². The van der Waals surface area contributed by atoms with Crippen molar-refractivity contribution in [1.82, 2.24) is 4.98 Å². The lowest BCUT2D eigenvalue weighted by molar-refractivity contribution is 1.31. The summed E-state index contributed by atoms with van der Waals surface area (Å²) in [5.41, 5.74) is 13.6. The van der Waals surface area contributed by atoms with E-state index >= 15 is 0 Å². The maximum Gasteiger partial charge on any atom is 0.0715 e. The van der Waals surface area contributed by atoms with Gasteiger partial charge in [0, 0.05) is 31.8 Å². The standard InChI is InChI=1S/C41H27Br2N/c42-33-23-21-32(22-24-33)40-38(30-17-9-3-10-18-30)36(28-13-5-1-6-14-28)37(29-15-7-2-8-16-29)39(31-19-11-4-12-20-31)41(40)35-26-25-34(43)27-44-35/h1-27H. The molecule has 0 atom stereocenters. The molecule has 0 aliphatic carbocycles. The number of hydrogen-bond acceptors (Lipinski definition) is 1. The van der Waals surface area contributed by atoms with Crippen LogP contribution in [0.3, 0.4) is 0 Å². The first-order valence-corrected chi connectivity index (χ1v) is 16.1. The molecule has 0 bridgehead atoms. The van der Waals surface area contributed by atoms with E-state index in [1.807, 2.05) is 6.20 Å². The molecule has 6 aromatic carbocycles. The summed E-state index contributed by atoms with van der Waals surface area (Å²) in [5, 5.41) is 0. The Morgan fingerprint density at radius 2 is 0.614 bits per heavy atom. The van der Waals surface area contributed by atoms with E-state index in [1.54, 1.807) is 0 Å². The third-order valence-corrected chi connectivity index (χ3v) is 8.86. The molecule has 0 aliphatic rings. The van der Waals surface area contributed by atoms with Gasteiger partial charge < -0.3 is 0 Å². The number of hydrogen-bond donors (Lipinski definition) is 0. The zero-order valence-electron chi connectivity index (χ0n) is 23.8. The molecular weight excluding hydrogens is 666 g/mol. The normalized spacial score (nSPS) is 11.0. The van der Waals surface area contributed by atoms with E-state index in [4.69, 9.17) is 4.98 Å². The zero-order valence-corrected chi connectivity index (χ0v) is 27.0. The van der Waals surface area contributed by atoms with Crippen LogP contribution in [0.5, 0.6) is 0 Å². The summed E-state index contributed by atoms with van der Waals surface area (Å²) < 4.78 is 1.98. The Kier molecular flexibility index (Phi) is 8.06. The fourth-order valence-corrected chi connectivity index (χ4v) is 6.51. The zero-order chi connectivity index (χ0) is 29.9. The van der Waals surface area contributed by atoms with Gasteiger partial charge in [-0.25, -0.2) is 0 Å². The first-order chi connectivity index (χ1) is 21.7. The van der Waals surface area contributed by atoms with Crippen molar-refractivity contribution in [3.05, 3.63) is 173 Å². The van der Waals surface area contributed by atoms with E-state index in [2.05, 4.69) is 190 Å². The molecule has 0 radical (unpaired) electrons. The monoisotopic (exact) mass is 691 g/mol. The van der Waals surface area contributed by atoms with E-state index < -0.39 is 0 Å². The summed E-state index contributed by atoms with van der Waals surface area (Å²) >= 11 is 7.31. The van der Waals surface area contributed by atoms with Gasteiger partial charge in [-0.2, -0.15) is 0 Å². The first kappa shape index (κ1) is 28.2. The van der Waals surface area contributed by atoms with Gasteiger partial charge in [0.2, 0.25) is 0 Å². The van der Waals surface area contributed by atoms with Gasteiger partial charge in [0.25, 0.3) is 0 Å². The van der Waals surface area contributed by atoms with Crippen molar-refractivity contribution in [2.24, 2.45) is 0 Å². The molecule has 0 aliphatic heterocycles. The number of rotatable bonds is 6. The minimum atomic E-state index is 0.916. The van der Waals surface area contributed by atoms with Crippen LogP contribution in [0.25, 0.3) is 66.9 Å². The summed E-state index contributed by atoms with van der Waals surface area (Å²) in [6.45, 7) is 0. The highest BCUT2D eigenvalue weighted by molar-refractivity contribution is 9.10. The lowest BCUT2D eigenvalue weighted by Gasteiger charge is -2.28. The maximum absolute atomic E-state index is 5.05. The van der Waals surface area contributed by atoms with Gasteiger partial charge in [0.05, 0.1) is 5.69 Å². The van der Waals surface area contributed by atoms with Crippen LogP contribution in [0.15, 0.2) is 173 Å². The predicted molar refractivity (Wildman–Crippen MR) is 192 cm³/mol. The van der Waals surface area contributed by atoms with Gasteiger partial charge in [0.15, 0.2) is 0 Å². The topological polar surface area (TPSA) is 12.9 Å². The van der Waals surface area contributed by atoms with Crippen molar-refractivity contribution in [1.29, 1.82) is 0 Å². The fraction of sp³-hybridized carbons (Fsp3) is 0. The highest BCUT2D eigenvalue weighted by Crippen LogP contribution is 2.55. The molecule has 3 heteroatoms. The van der Waals surface area contributed by atoms with Crippen molar-refractivity contribution in [3.8, 4) is 66.9 Å². The second kappa shape index (κ2) is 12.6. The number of pyridine rings is 1. The van der Waals surface area contributed by atoms with Crippen LogP contribution >= 0.6 is 31.9 Å². The van der Waals surface area contributed by atoms with E-state index in [1.165, 1.54) is 16.7 Å². The lowest BCUT2D eigenvalue weighted by atomic mass is 9.75. The molecule has 0 amide bonds. The number of halogens is 2. The Morgan fingerprint density at radius 3 is 0.955 bits per heavy atom. The summed E-state index contributed by atoms with van der Waals surface area (Å²) in [6.07, 6.45) is 1.89. The molecule has 7 rings (SSSR count). The quantitative estimate of drug-likeness (QED) is 0.169. The third-order valence-electron chi connectivity index (χ3n) is 7.87. The SMILES string of the molecule is Brc1ccc(-c2c(-c3ccccc3)c(-c3ccccc3)c(-c3ccccc3)c(-c3ccccc3)c2-c2ccc(Br)cn2)cc1. The molecule has 0 unspecified atom stereocenters. The minimum Gasteiger partial charge on any atom is -0.255 e. The van der Waals surface area contributed by atoms with Crippen molar-refractivity contribution in [2.45, 2.75) is 0 Å². The number of nitrogens with zero attached hydrogens (tertiary/aromatic N) is 1. The minimum absolute atomic E-state index is 0.916. The van der Waals surface area contributed by atoms with E-state index in [0.717, 1.165) is 59.1 Å². The van der Waals surface area contributed by atoms with Crippen LogP contribution < -0.4 is 0 Å². The fourth-order valence-electron chi connectivity index (χ4n) is 6.01. The van der Waals surface area contributed by atoms with Crippen LogP contribution in [0.1, 0.15) is 0 Å². The number of aromatic nitrogens is 1. The molecule has 0 spiro atoms. The van der Waals surface area contributed by atoms with E-state index in [-0.39, 0.29) is 0 Å². The van der Waals surface area contributed by atoms with Gasteiger partial charge >= 0.3 is 0 Å². The van der Waals surface area contributed by atoms with Crippen LogP contribution in [0.2, 0.25) is 0 Å². The van der Waals surface area contributed by atoms with Crippen LogP contribution in [0, 0.1) is 0 Å². The Morgan fingerprint density at radius 1 is 0.295 bits per heavy atom. The Bertz CT molecular complexity index is 1870. The number of benzene rings is 6. The Hall–Kier alpha value is -4.57. The second-order valence-electron chi connectivity index (χ2n) is 10.6. The van der Waals surface area contributed by atoms with Gasteiger partial charge in [0.1, 0.15) is 0 Å². The molecule has 210 valence electrons. The van der Waals surface area contributed by atoms with Crippen molar-refractivity contribution >= 4 is 31.9 Å². The molecule has 44 heavy (non-hydrogen) atoms. The molecule has 0 fully saturated rings. The summed E-state index contributed by atoms with van der Waals surface area (Å²) in [6, 6.07) is 56.0. The molecule has 0 saturated heterocycles. The molecule has 1 aromatic heterocycles. The smallest absolute Gasteiger partial charge is 0.0715 e. The largest absolute Gasteiger partial charge is 0.255 e. The summed E-state index contributed by atoms with van der Waals surface area (Å²) in [7, 11) is 0. The molecule has 7 aromatic rings. The highest BCUT2D eigenvalue weighted by atomic mass is 79.9. The van der Waals surface area contributed by atoms with E-state index in [0.29, 0.717) is 0 Å². The molecule has 1 nitrogen and oxygen atoms in total. The molecule has 0 saturated carbocycles. The van der Waals surface area contributed by atoms with Crippen LogP contribution in [-0.4, -0.2) is 4.98 Å². The van der Waals surface area contributed by atoms with E-state index in [9.17, 15) is 0 Å². The van der Waals surface area contributed by atoms with Crippen molar-refractivity contribution in [2.75, 3.05) is 0 Å². The van der Waals surface area contributed by atoms with Crippen molar-refractivity contribution < 1.29 is 0 Å². The van der Waals surface area contributed by atoms with Crippen molar-refractivity contribution in [3.63, 3.8) is 0 Å². The highest BCUT2D eigenvalue weighted by Gasteiger charge is 2.29. The van der Waals surface area contributed by atoms with Crippen LogP contribution in [-0.2, 0) is 0 Å². The molecule has 0 N–H and O–H groups in total. The first-order valence-electron chi connectivity index (χ1n) is 14.5. The Balaban J connectivity index is 1.81. The third kappa shape index (κ3) is 5.45. The lowest BCUT2D eigenvalue weighted by Crippen LogP contribution is -2.02. The summed E-state index contributed by atoms with van der Waals surface area (Å²) in [5.74, 6) is 0. The molecule has 1 heterocycles. The van der Waals surface area contributed by atoms with Gasteiger partial charge in [-0.05, 0) is 84.7 Å². The average molecular weight is 693 g/mol. The molecular formula is C41H27Br2N. The Labute approximate surface area is 275 Å². The van der Waals surface area contributed by atoms with Gasteiger partial charge in [-0.3, -0.25) is 4.98 Å².